The van der Waals surface area contributed by atoms with Gasteiger partial charge in [0.15, 0.2) is 0 Å². The largest absolute Gasteiger partial charge is 0.494 e. The molecule has 170 valence electrons. The lowest BCUT2D eigenvalue weighted by molar-refractivity contribution is -0.121. The van der Waals surface area contributed by atoms with Crippen molar-refractivity contribution >= 4 is 30.3 Å². The number of piperidine rings is 1. The molecule has 1 N–H and O–H groups in total. The van der Waals surface area contributed by atoms with E-state index in [1.165, 1.54) is 0 Å². The van der Waals surface area contributed by atoms with Gasteiger partial charge >= 0.3 is 13.2 Å². The van der Waals surface area contributed by atoms with Crippen LogP contribution in [0.5, 0.6) is 0 Å². The standard InChI is InChI=1S/C23H35BN2O5/c1-21(2,3)29-20(28)26-13-11-16(12-14-26)19(27)25-18-10-8-9-17(15-18)24-30-22(4,5)23(6,7)31-24/h8-10,15-16H,11-14H2,1-7H3,(H,25,27). The first-order valence-electron chi connectivity index (χ1n) is 11.0. The minimum absolute atomic E-state index is 0.0325. The van der Waals surface area contributed by atoms with Crippen molar-refractivity contribution in [1.82, 2.24) is 4.90 Å². The van der Waals surface area contributed by atoms with Gasteiger partial charge in [-0.25, -0.2) is 4.79 Å². The highest BCUT2D eigenvalue weighted by molar-refractivity contribution is 6.62. The second-order valence-corrected chi connectivity index (χ2v) is 10.4. The molecule has 2 aliphatic heterocycles. The Morgan fingerprint density at radius 2 is 1.68 bits per heavy atom. The van der Waals surface area contributed by atoms with E-state index in [1.807, 2.05) is 72.7 Å². The van der Waals surface area contributed by atoms with Crippen LogP contribution in [0.15, 0.2) is 24.3 Å². The van der Waals surface area contributed by atoms with Crippen LogP contribution in [0.3, 0.4) is 0 Å². The Morgan fingerprint density at radius 1 is 1.10 bits per heavy atom. The van der Waals surface area contributed by atoms with Gasteiger partial charge in [-0.2, -0.15) is 0 Å². The van der Waals surface area contributed by atoms with Gasteiger partial charge in [0.05, 0.1) is 11.2 Å². The minimum Gasteiger partial charge on any atom is -0.444 e. The van der Waals surface area contributed by atoms with E-state index in [0.717, 1.165) is 5.46 Å². The molecule has 2 saturated heterocycles. The molecule has 0 aromatic heterocycles. The number of nitrogens with zero attached hydrogens (tertiary/aromatic N) is 1. The third kappa shape index (κ3) is 5.60. The summed E-state index contributed by atoms with van der Waals surface area (Å²) in [5, 5.41) is 3.01. The van der Waals surface area contributed by atoms with Crippen molar-refractivity contribution in [3.8, 4) is 0 Å². The van der Waals surface area contributed by atoms with Crippen LogP contribution < -0.4 is 10.8 Å². The maximum atomic E-state index is 12.8. The van der Waals surface area contributed by atoms with Gasteiger partial charge in [-0.05, 0) is 78.9 Å². The monoisotopic (exact) mass is 430 g/mol. The van der Waals surface area contributed by atoms with Gasteiger partial charge in [-0.1, -0.05) is 12.1 Å². The zero-order valence-electron chi connectivity index (χ0n) is 19.8. The molecule has 2 aliphatic rings. The lowest BCUT2D eigenvalue weighted by Crippen LogP contribution is -2.43. The summed E-state index contributed by atoms with van der Waals surface area (Å²) >= 11 is 0. The zero-order valence-corrected chi connectivity index (χ0v) is 19.8. The summed E-state index contributed by atoms with van der Waals surface area (Å²) in [6.45, 7) is 14.6. The van der Waals surface area contributed by atoms with E-state index in [9.17, 15) is 9.59 Å². The number of rotatable bonds is 3. The van der Waals surface area contributed by atoms with Crippen LogP contribution in [0.4, 0.5) is 10.5 Å². The fraction of sp³-hybridized carbons (Fsp3) is 0.652. The van der Waals surface area contributed by atoms with Crippen LogP contribution in [0.25, 0.3) is 0 Å². The SMILES string of the molecule is CC(C)(C)OC(=O)N1CCC(C(=O)Nc2cccc(B3OC(C)(C)C(C)(C)O3)c2)CC1. The maximum absolute atomic E-state index is 12.8. The Labute approximate surface area is 185 Å². The van der Waals surface area contributed by atoms with E-state index in [-0.39, 0.29) is 17.9 Å². The van der Waals surface area contributed by atoms with Gasteiger partial charge in [0, 0.05) is 24.7 Å². The van der Waals surface area contributed by atoms with Crippen molar-refractivity contribution in [2.45, 2.75) is 78.1 Å². The van der Waals surface area contributed by atoms with Crippen molar-refractivity contribution in [3.63, 3.8) is 0 Å². The van der Waals surface area contributed by atoms with Gasteiger partial charge in [0.1, 0.15) is 5.60 Å². The van der Waals surface area contributed by atoms with E-state index >= 15 is 0 Å². The lowest BCUT2D eigenvalue weighted by Gasteiger charge is -2.32. The van der Waals surface area contributed by atoms with E-state index < -0.39 is 23.9 Å². The Kier molecular flexibility index (Phi) is 6.45. The third-order valence-corrected chi connectivity index (χ3v) is 6.20. The number of carbonyl (C=O) groups is 2. The molecule has 0 unspecified atom stereocenters. The highest BCUT2D eigenvalue weighted by Crippen LogP contribution is 2.36. The molecule has 31 heavy (non-hydrogen) atoms. The van der Waals surface area contributed by atoms with Crippen LogP contribution in [0, 0.1) is 5.92 Å². The van der Waals surface area contributed by atoms with Crippen LogP contribution in [-0.2, 0) is 18.8 Å². The van der Waals surface area contributed by atoms with E-state index in [2.05, 4.69) is 5.32 Å². The predicted octanol–water partition coefficient (Wildman–Crippen LogP) is 3.57. The molecule has 0 bridgehead atoms. The number of likely N-dealkylation sites (tertiary alicyclic amines) is 1. The first kappa shape index (κ1) is 23.6. The minimum atomic E-state index is -0.520. The second kappa shape index (κ2) is 8.47. The zero-order chi connectivity index (χ0) is 23.0. The van der Waals surface area contributed by atoms with Crippen LogP contribution in [-0.4, -0.2) is 53.9 Å². The highest BCUT2D eigenvalue weighted by atomic mass is 16.7. The number of benzene rings is 1. The van der Waals surface area contributed by atoms with Gasteiger partial charge < -0.3 is 24.3 Å². The number of anilines is 1. The number of ether oxygens (including phenoxy) is 1. The van der Waals surface area contributed by atoms with Gasteiger partial charge in [-0.15, -0.1) is 0 Å². The maximum Gasteiger partial charge on any atom is 0.494 e. The molecule has 2 fully saturated rings. The van der Waals surface area contributed by atoms with Crippen molar-refractivity contribution in [2.75, 3.05) is 18.4 Å². The van der Waals surface area contributed by atoms with Crippen molar-refractivity contribution in [2.24, 2.45) is 5.92 Å². The number of carbonyl (C=O) groups excluding carboxylic acids is 2. The molecule has 1 aromatic rings. The fourth-order valence-corrected chi connectivity index (χ4v) is 3.64. The average molecular weight is 430 g/mol. The fourth-order valence-electron chi connectivity index (χ4n) is 3.64. The molecule has 0 atom stereocenters. The number of amides is 2. The molecule has 0 saturated carbocycles. The summed E-state index contributed by atoms with van der Waals surface area (Å²) in [5.41, 5.74) is 0.230. The second-order valence-electron chi connectivity index (χ2n) is 10.4. The van der Waals surface area contributed by atoms with Gasteiger partial charge in [-0.3, -0.25) is 4.79 Å². The Hall–Kier alpha value is -2.06. The normalized spacial score (nSPS) is 21.1. The molecule has 1 aromatic carbocycles. The van der Waals surface area contributed by atoms with E-state index in [1.54, 1.807) is 4.90 Å². The molecule has 3 rings (SSSR count). The molecular formula is C23H35BN2O5. The van der Waals surface area contributed by atoms with Crippen LogP contribution in [0.1, 0.15) is 61.3 Å². The summed E-state index contributed by atoms with van der Waals surface area (Å²) < 4.78 is 17.6. The van der Waals surface area contributed by atoms with Crippen LogP contribution >= 0.6 is 0 Å². The molecule has 0 spiro atoms. The summed E-state index contributed by atoms with van der Waals surface area (Å²) in [6, 6.07) is 7.59. The van der Waals surface area contributed by atoms with E-state index in [0.29, 0.717) is 31.6 Å². The molecule has 0 aliphatic carbocycles. The van der Waals surface area contributed by atoms with Crippen molar-refractivity contribution in [1.29, 1.82) is 0 Å². The predicted molar refractivity (Wildman–Crippen MR) is 121 cm³/mol. The lowest BCUT2D eigenvalue weighted by atomic mass is 9.79. The Balaban J connectivity index is 1.56. The third-order valence-electron chi connectivity index (χ3n) is 6.20. The van der Waals surface area contributed by atoms with Crippen molar-refractivity contribution < 1.29 is 23.6 Å². The summed E-state index contributed by atoms with van der Waals surface area (Å²) in [5.74, 6) is -0.172. The molecule has 7 nitrogen and oxygen atoms in total. The summed E-state index contributed by atoms with van der Waals surface area (Å²) in [7, 11) is -0.473. The summed E-state index contributed by atoms with van der Waals surface area (Å²) in [4.78, 5) is 26.7. The van der Waals surface area contributed by atoms with Crippen LogP contribution in [0.2, 0.25) is 0 Å². The number of nitrogens with one attached hydrogen (secondary N) is 1. The molecule has 8 heteroatoms. The quantitative estimate of drug-likeness (QED) is 0.742. The first-order valence-corrected chi connectivity index (χ1v) is 11.0. The number of hydrogen-bond acceptors (Lipinski definition) is 5. The molecule has 0 radical (unpaired) electrons. The van der Waals surface area contributed by atoms with Gasteiger partial charge in [0.25, 0.3) is 0 Å². The smallest absolute Gasteiger partial charge is 0.444 e. The number of hydrogen-bond donors (Lipinski definition) is 1. The average Bonchev–Trinajstić information content (AvgIpc) is 2.88. The topological polar surface area (TPSA) is 77.1 Å². The van der Waals surface area contributed by atoms with Gasteiger partial charge in [0.2, 0.25) is 5.91 Å². The molecular weight excluding hydrogens is 395 g/mol. The first-order chi connectivity index (χ1) is 14.3. The van der Waals surface area contributed by atoms with Crippen molar-refractivity contribution in [3.05, 3.63) is 24.3 Å². The molecule has 2 heterocycles. The van der Waals surface area contributed by atoms with E-state index in [4.69, 9.17) is 14.0 Å². The Bertz CT molecular complexity index is 810. The molecule has 2 amide bonds. The summed E-state index contributed by atoms with van der Waals surface area (Å²) in [6.07, 6.45) is 0.908. The highest BCUT2D eigenvalue weighted by Gasteiger charge is 2.51. The Morgan fingerprint density at radius 3 is 2.23 bits per heavy atom.